The number of benzene rings is 1. The summed E-state index contributed by atoms with van der Waals surface area (Å²) < 4.78 is 0. The van der Waals surface area contributed by atoms with Crippen LogP contribution in [0.1, 0.15) is 24.5 Å². The fourth-order valence-electron chi connectivity index (χ4n) is 1.86. The average Bonchev–Trinajstić information content (AvgIpc) is 2.13. The van der Waals surface area contributed by atoms with E-state index in [2.05, 4.69) is 0 Å². The molecular weight excluding hydrogens is 164 g/mol. The summed E-state index contributed by atoms with van der Waals surface area (Å²) in [7, 11) is 0. The zero-order chi connectivity index (χ0) is 9.47. The molecule has 1 atom stereocenters. The van der Waals surface area contributed by atoms with Crippen LogP contribution in [0.4, 0.5) is 0 Å². The summed E-state index contributed by atoms with van der Waals surface area (Å²) in [5, 5.41) is 9.95. The Hall–Kier alpha value is -1.15. The van der Waals surface area contributed by atoms with Crippen LogP contribution in [0.5, 0.6) is 0 Å². The molecule has 0 bridgehead atoms. The van der Waals surface area contributed by atoms with E-state index in [0.717, 1.165) is 17.5 Å². The highest BCUT2D eigenvalue weighted by Gasteiger charge is 2.36. The molecular formula is C11H12O2. The van der Waals surface area contributed by atoms with E-state index >= 15 is 0 Å². The van der Waals surface area contributed by atoms with Crippen molar-refractivity contribution in [3.8, 4) is 0 Å². The van der Waals surface area contributed by atoms with Crippen molar-refractivity contribution in [2.45, 2.75) is 25.4 Å². The van der Waals surface area contributed by atoms with Gasteiger partial charge in [0.15, 0.2) is 5.78 Å². The van der Waals surface area contributed by atoms with Crippen LogP contribution in [0.25, 0.3) is 0 Å². The van der Waals surface area contributed by atoms with E-state index < -0.39 is 5.60 Å². The van der Waals surface area contributed by atoms with Gasteiger partial charge in [0.05, 0.1) is 0 Å². The van der Waals surface area contributed by atoms with E-state index in [1.54, 1.807) is 6.92 Å². The minimum absolute atomic E-state index is 0.0776. The highest BCUT2D eigenvalue weighted by atomic mass is 16.3. The van der Waals surface area contributed by atoms with Gasteiger partial charge in [-0.15, -0.1) is 0 Å². The fraction of sp³-hybridized carbons (Fsp3) is 0.364. The molecule has 0 aromatic heterocycles. The van der Waals surface area contributed by atoms with Crippen molar-refractivity contribution in [1.29, 1.82) is 0 Å². The molecule has 0 saturated carbocycles. The van der Waals surface area contributed by atoms with Crippen molar-refractivity contribution in [2.75, 3.05) is 0 Å². The number of hydrogen-bond donors (Lipinski definition) is 1. The first-order valence-corrected chi connectivity index (χ1v) is 4.46. The maximum Gasteiger partial charge on any atom is 0.168 e. The number of aliphatic hydroxyl groups is 1. The summed E-state index contributed by atoms with van der Waals surface area (Å²) in [6.07, 6.45) is 1.20. The quantitative estimate of drug-likeness (QED) is 0.649. The molecule has 1 aliphatic carbocycles. The Morgan fingerprint density at radius 1 is 1.31 bits per heavy atom. The first kappa shape index (κ1) is 8.45. The highest BCUT2D eigenvalue weighted by Crippen LogP contribution is 2.31. The molecule has 1 unspecified atom stereocenters. The summed E-state index contributed by atoms with van der Waals surface area (Å²) in [5.41, 5.74) is 0.591. The second-order valence-electron chi connectivity index (χ2n) is 3.65. The van der Waals surface area contributed by atoms with Crippen LogP contribution in [-0.2, 0) is 16.8 Å². The van der Waals surface area contributed by atoms with E-state index in [-0.39, 0.29) is 5.78 Å². The first-order valence-electron chi connectivity index (χ1n) is 4.46. The van der Waals surface area contributed by atoms with Crippen LogP contribution < -0.4 is 0 Å². The van der Waals surface area contributed by atoms with E-state index in [1.165, 1.54) is 0 Å². The molecule has 13 heavy (non-hydrogen) atoms. The van der Waals surface area contributed by atoms with Gasteiger partial charge in [0.25, 0.3) is 0 Å². The number of fused-ring (bicyclic) bond motifs is 1. The minimum atomic E-state index is -1.27. The monoisotopic (exact) mass is 176 g/mol. The SMILES string of the molecule is CC1(O)C(=O)CCc2ccccc21. The molecule has 0 radical (unpaired) electrons. The van der Waals surface area contributed by atoms with Crippen molar-refractivity contribution in [2.24, 2.45) is 0 Å². The summed E-state index contributed by atoms with van der Waals surface area (Å²) in [6.45, 7) is 1.58. The Bertz CT molecular complexity index is 353. The Morgan fingerprint density at radius 3 is 2.77 bits per heavy atom. The molecule has 1 aliphatic rings. The maximum atomic E-state index is 11.4. The van der Waals surface area contributed by atoms with Gasteiger partial charge in [-0.05, 0) is 24.5 Å². The molecule has 1 N–H and O–H groups in total. The summed E-state index contributed by atoms with van der Waals surface area (Å²) >= 11 is 0. The van der Waals surface area contributed by atoms with Crippen LogP contribution in [0.15, 0.2) is 24.3 Å². The van der Waals surface area contributed by atoms with Gasteiger partial charge < -0.3 is 5.11 Å². The van der Waals surface area contributed by atoms with Crippen LogP contribution in [0, 0.1) is 0 Å². The lowest BCUT2D eigenvalue weighted by Gasteiger charge is -2.29. The summed E-state index contributed by atoms with van der Waals surface area (Å²) in [4.78, 5) is 11.4. The van der Waals surface area contributed by atoms with Crippen LogP contribution in [0.2, 0.25) is 0 Å². The highest BCUT2D eigenvalue weighted by molar-refractivity contribution is 5.90. The Morgan fingerprint density at radius 2 is 2.00 bits per heavy atom. The fourth-order valence-corrected chi connectivity index (χ4v) is 1.86. The Labute approximate surface area is 77.2 Å². The van der Waals surface area contributed by atoms with Crippen molar-refractivity contribution < 1.29 is 9.90 Å². The molecule has 2 rings (SSSR count). The molecule has 0 aliphatic heterocycles. The number of Topliss-reactive ketones (excluding diaryl/α,β-unsaturated/α-hetero) is 1. The zero-order valence-corrected chi connectivity index (χ0v) is 7.58. The van der Waals surface area contributed by atoms with E-state index in [1.807, 2.05) is 24.3 Å². The second-order valence-corrected chi connectivity index (χ2v) is 3.65. The number of aryl methyl sites for hydroxylation is 1. The summed E-state index contributed by atoms with van der Waals surface area (Å²) in [5.74, 6) is -0.0776. The van der Waals surface area contributed by atoms with Crippen molar-refractivity contribution in [3.63, 3.8) is 0 Å². The smallest absolute Gasteiger partial charge is 0.168 e. The van der Waals surface area contributed by atoms with Crippen LogP contribution >= 0.6 is 0 Å². The van der Waals surface area contributed by atoms with Crippen molar-refractivity contribution >= 4 is 5.78 Å². The number of hydrogen-bond acceptors (Lipinski definition) is 2. The third kappa shape index (κ3) is 1.18. The van der Waals surface area contributed by atoms with E-state index in [4.69, 9.17) is 0 Å². The maximum absolute atomic E-state index is 11.4. The molecule has 1 aromatic carbocycles. The topological polar surface area (TPSA) is 37.3 Å². The minimum Gasteiger partial charge on any atom is -0.378 e. The zero-order valence-electron chi connectivity index (χ0n) is 7.58. The third-order valence-corrected chi connectivity index (χ3v) is 2.71. The van der Waals surface area contributed by atoms with Crippen LogP contribution in [0.3, 0.4) is 0 Å². The molecule has 68 valence electrons. The standard InChI is InChI=1S/C11H12O2/c1-11(13)9-5-3-2-4-8(9)6-7-10(11)12/h2-5,13H,6-7H2,1H3. The summed E-state index contributed by atoms with van der Waals surface area (Å²) in [6, 6.07) is 7.58. The predicted octanol–water partition coefficient (Wildman–Crippen LogP) is 1.41. The van der Waals surface area contributed by atoms with Crippen LogP contribution in [-0.4, -0.2) is 10.9 Å². The number of carbonyl (C=O) groups is 1. The van der Waals surface area contributed by atoms with Gasteiger partial charge in [0.1, 0.15) is 5.60 Å². The number of ketones is 1. The molecule has 1 aromatic rings. The molecule has 2 nitrogen and oxygen atoms in total. The van der Waals surface area contributed by atoms with Gasteiger partial charge in [-0.3, -0.25) is 4.79 Å². The molecule has 0 heterocycles. The van der Waals surface area contributed by atoms with Gasteiger partial charge in [-0.25, -0.2) is 0 Å². The number of rotatable bonds is 0. The van der Waals surface area contributed by atoms with E-state index in [0.29, 0.717) is 6.42 Å². The Balaban J connectivity index is 2.59. The lowest BCUT2D eigenvalue weighted by atomic mass is 9.79. The molecule has 0 fully saturated rings. The normalized spacial score (nSPS) is 27.1. The molecule has 0 amide bonds. The third-order valence-electron chi connectivity index (χ3n) is 2.71. The van der Waals surface area contributed by atoms with Gasteiger partial charge in [0, 0.05) is 6.42 Å². The molecule has 0 saturated heterocycles. The Kier molecular flexibility index (Phi) is 1.74. The van der Waals surface area contributed by atoms with Gasteiger partial charge in [-0.2, -0.15) is 0 Å². The molecule has 0 spiro atoms. The average molecular weight is 176 g/mol. The first-order chi connectivity index (χ1) is 6.12. The van der Waals surface area contributed by atoms with Gasteiger partial charge >= 0.3 is 0 Å². The molecule has 2 heteroatoms. The largest absolute Gasteiger partial charge is 0.378 e. The van der Waals surface area contributed by atoms with Gasteiger partial charge in [0.2, 0.25) is 0 Å². The second kappa shape index (κ2) is 2.67. The lowest BCUT2D eigenvalue weighted by molar-refractivity contribution is -0.137. The number of carbonyl (C=O) groups excluding carboxylic acids is 1. The van der Waals surface area contributed by atoms with Gasteiger partial charge in [-0.1, -0.05) is 24.3 Å². The predicted molar refractivity (Wildman–Crippen MR) is 49.3 cm³/mol. The van der Waals surface area contributed by atoms with Crippen molar-refractivity contribution in [1.82, 2.24) is 0 Å². The lowest BCUT2D eigenvalue weighted by Crippen LogP contribution is -2.36. The van der Waals surface area contributed by atoms with Crippen molar-refractivity contribution in [3.05, 3.63) is 35.4 Å². The van der Waals surface area contributed by atoms with E-state index in [9.17, 15) is 9.90 Å².